The van der Waals surface area contributed by atoms with E-state index < -0.39 is 0 Å². The fourth-order valence-corrected chi connectivity index (χ4v) is 1.84. The molecule has 4 nitrogen and oxygen atoms in total. The number of carbonyl (C=O) groups is 1. The third kappa shape index (κ3) is 7.93. The van der Waals surface area contributed by atoms with Crippen molar-refractivity contribution in [3.8, 4) is 0 Å². The summed E-state index contributed by atoms with van der Waals surface area (Å²) in [5.74, 6) is -0.0802. The zero-order valence-electron chi connectivity index (χ0n) is 13.0. The van der Waals surface area contributed by atoms with Crippen LogP contribution >= 0.6 is 11.6 Å². The van der Waals surface area contributed by atoms with Gasteiger partial charge in [-0.15, -0.1) is 0 Å². The number of hydrogen-bond acceptors (Lipinski definition) is 3. The number of anilines is 2. The molecule has 0 bridgehead atoms. The SMILES string of the molecule is CC(C)(C)CCOCCCC(=O)Nc1cc(Cl)ccc1N. The van der Waals surface area contributed by atoms with Crippen molar-refractivity contribution < 1.29 is 9.53 Å². The summed E-state index contributed by atoms with van der Waals surface area (Å²) < 4.78 is 5.53. The van der Waals surface area contributed by atoms with E-state index in [2.05, 4.69) is 26.1 Å². The Kier molecular flexibility index (Phi) is 6.99. The molecule has 1 amide bonds. The zero-order chi connectivity index (χ0) is 15.9. The third-order valence-corrected chi connectivity index (χ3v) is 3.21. The molecular weight excluding hydrogens is 288 g/mol. The van der Waals surface area contributed by atoms with Crippen molar-refractivity contribution in [3.05, 3.63) is 23.2 Å². The van der Waals surface area contributed by atoms with Crippen molar-refractivity contribution in [1.29, 1.82) is 0 Å². The molecule has 118 valence electrons. The number of nitrogen functional groups attached to an aromatic ring is 1. The van der Waals surface area contributed by atoms with Gasteiger partial charge >= 0.3 is 0 Å². The maximum atomic E-state index is 11.8. The monoisotopic (exact) mass is 312 g/mol. The first-order valence-electron chi connectivity index (χ1n) is 7.20. The molecule has 0 spiro atoms. The highest BCUT2D eigenvalue weighted by atomic mass is 35.5. The van der Waals surface area contributed by atoms with Crippen LogP contribution < -0.4 is 11.1 Å². The minimum atomic E-state index is -0.0802. The second kappa shape index (κ2) is 8.25. The van der Waals surface area contributed by atoms with Gasteiger partial charge in [-0.05, 0) is 36.5 Å². The van der Waals surface area contributed by atoms with E-state index in [1.165, 1.54) is 0 Å². The van der Waals surface area contributed by atoms with Crippen LogP contribution in [0.4, 0.5) is 11.4 Å². The summed E-state index contributed by atoms with van der Waals surface area (Å²) in [7, 11) is 0. The second-order valence-corrected chi connectivity index (χ2v) is 6.74. The normalized spacial score (nSPS) is 11.4. The highest BCUT2D eigenvalue weighted by Crippen LogP contribution is 2.23. The Morgan fingerprint density at radius 1 is 1.33 bits per heavy atom. The highest BCUT2D eigenvalue weighted by molar-refractivity contribution is 6.31. The van der Waals surface area contributed by atoms with Crippen LogP contribution in [0, 0.1) is 5.41 Å². The smallest absolute Gasteiger partial charge is 0.224 e. The van der Waals surface area contributed by atoms with E-state index in [0.717, 1.165) is 13.0 Å². The Morgan fingerprint density at radius 3 is 2.71 bits per heavy atom. The number of benzene rings is 1. The van der Waals surface area contributed by atoms with E-state index in [4.69, 9.17) is 22.1 Å². The van der Waals surface area contributed by atoms with Gasteiger partial charge in [0.05, 0.1) is 11.4 Å². The molecule has 0 aliphatic heterocycles. The molecule has 3 N–H and O–H groups in total. The van der Waals surface area contributed by atoms with Crippen LogP contribution in [0.2, 0.25) is 5.02 Å². The first-order chi connectivity index (χ1) is 9.78. The minimum absolute atomic E-state index is 0.0802. The molecule has 0 radical (unpaired) electrons. The standard InChI is InChI=1S/C16H25ClN2O2/c1-16(2,3)8-10-21-9-4-5-15(20)19-14-11-12(17)6-7-13(14)18/h6-7,11H,4-5,8-10,18H2,1-3H3,(H,19,20). The van der Waals surface area contributed by atoms with E-state index >= 15 is 0 Å². The topological polar surface area (TPSA) is 64.3 Å². The number of nitrogens with two attached hydrogens (primary N) is 1. The lowest BCUT2D eigenvalue weighted by Gasteiger charge is -2.17. The van der Waals surface area contributed by atoms with Crippen molar-refractivity contribution in [3.63, 3.8) is 0 Å². The maximum Gasteiger partial charge on any atom is 0.224 e. The molecule has 0 saturated carbocycles. The molecular formula is C16H25ClN2O2. The van der Waals surface area contributed by atoms with Crippen LogP contribution in [-0.2, 0) is 9.53 Å². The van der Waals surface area contributed by atoms with Crippen molar-refractivity contribution in [2.24, 2.45) is 5.41 Å². The Hall–Kier alpha value is -1.26. The number of hydrogen-bond donors (Lipinski definition) is 2. The van der Waals surface area contributed by atoms with Gasteiger partial charge in [-0.3, -0.25) is 4.79 Å². The van der Waals surface area contributed by atoms with Gasteiger partial charge in [-0.1, -0.05) is 32.4 Å². The van der Waals surface area contributed by atoms with Gasteiger partial charge in [0.25, 0.3) is 0 Å². The summed E-state index contributed by atoms with van der Waals surface area (Å²) in [6.45, 7) is 7.86. The first kappa shape index (κ1) is 17.8. The van der Waals surface area contributed by atoms with E-state index in [0.29, 0.717) is 35.8 Å². The highest BCUT2D eigenvalue weighted by Gasteiger charge is 2.09. The van der Waals surface area contributed by atoms with Crippen LogP contribution in [0.5, 0.6) is 0 Å². The largest absolute Gasteiger partial charge is 0.397 e. The van der Waals surface area contributed by atoms with Crippen molar-refractivity contribution >= 4 is 28.9 Å². The number of carbonyl (C=O) groups excluding carboxylic acids is 1. The minimum Gasteiger partial charge on any atom is -0.397 e. The van der Waals surface area contributed by atoms with E-state index in [1.54, 1.807) is 18.2 Å². The number of halogens is 1. The molecule has 0 saturated heterocycles. The molecule has 0 atom stereocenters. The van der Waals surface area contributed by atoms with Crippen molar-refractivity contribution in [2.45, 2.75) is 40.0 Å². The van der Waals surface area contributed by atoms with Gasteiger partial charge in [0.1, 0.15) is 0 Å². The average Bonchev–Trinajstić information content (AvgIpc) is 2.37. The van der Waals surface area contributed by atoms with Crippen molar-refractivity contribution in [2.75, 3.05) is 24.3 Å². The van der Waals surface area contributed by atoms with Crippen LogP contribution in [0.3, 0.4) is 0 Å². The second-order valence-electron chi connectivity index (χ2n) is 6.31. The molecule has 1 aromatic carbocycles. The molecule has 21 heavy (non-hydrogen) atoms. The van der Waals surface area contributed by atoms with Crippen LogP contribution in [0.15, 0.2) is 18.2 Å². The Morgan fingerprint density at radius 2 is 2.05 bits per heavy atom. The number of ether oxygens (including phenoxy) is 1. The number of amides is 1. The van der Waals surface area contributed by atoms with Gasteiger partial charge in [0.2, 0.25) is 5.91 Å². The van der Waals surface area contributed by atoms with Crippen molar-refractivity contribution in [1.82, 2.24) is 0 Å². The Balaban J connectivity index is 2.21. The summed E-state index contributed by atoms with van der Waals surface area (Å²) in [4.78, 5) is 11.8. The van der Waals surface area contributed by atoms with Crippen LogP contribution in [-0.4, -0.2) is 19.1 Å². The van der Waals surface area contributed by atoms with Gasteiger partial charge in [0, 0.05) is 24.7 Å². The van der Waals surface area contributed by atoms with Gasteiger partial charge in [0.15, 0.2) is 0 Å². The van der Waals surface area contributed by atoms with E-state index in [9.17, 15) is 4.79 Å². The predicted octanol–water partition coefficient (Wildman–Crippen LogP) is 4.09. The zero-order valence-corrected chi connectivity index (χ0v) is 13.8. The molecule has 1 aromatic rings. The van der Waals surface area contributed by atoms with Crippen LogP contribution in [0.1, 0.15) is 40.0 Å². The number of rotatable bonds is 7. The number of nitrogens with one attached hydrogen (secondary N) is 1. The van der Waals surface area contributed by atoms with Crippen LogP contribution in [0.25, 0.3) is 0 Å². The molecule has 0 unspecified atom stereocenters. The maximum absolute atomic E-state index is 11.8. The van der Waals surface area contributed by atoms with Gasteiger partial charge in [-0.2, -0.15) is 0 Å². The molecule has 0 fully saturated rings. The third-order valence-electron chi connectivity index (χ3n) is 2.98. The Bertz CT molecular complexity index is 470. The lowest BCUT2D eigenvalue weighted by molar-refractivity contribution is -0.116. The fraction of sp³-hybridized carbons (Fsp3) is 0.562. The summed E-state index contributed by atoms with van der Waals surface area (Å²) in [6.07, 6.45) is 2.11. The lowest BCUT2D eigenvalue weighted by atomic mass is 9.93. The van der Waals surface area contributed by atoms with E-state index in [-0.39, 0.29) is 11.3 Å². The summed E-state index contributed by atoms with van der Waals surface area (Å²) >= 11 is 5.87. The van der Waals surface area contributed by atoms with E-state index in [1.807, 2.05) is 0 Å². The lowest BCUT2D eigenvalue weighted by Crippen LogP contribution is -2.14. The fourth-order valence-electron chi connectivity index (χ4n) is 1.66. The molecule has 5 heteroatoms. The Labute approximate surface area is 132 Å². The molecule has 0 aromatic heterocycles. The van der Waals surface area contributed by atoms with Gasteiger partial charge in [-0.25, -0.2) is 0 Å². The van der Waals surface area contributed by atoms with Gasteiger partial charge < -0.3 is 15.8 Å². The summed E-state index contributed by atoms with van der Waals surface area (Å²) in [5.41, 5.74) is 7.12. The predicted molar refractivity (Wildman–Crippen MR) is 88.6 cm³/mol. The summed E-state index contributed by atoms with van der Waals surface area (Å²) in [6, 6.07) is 5.01. The first-order valence-corrected chi connectivity index (χ1v) is 7.58. The molecule has 0 aliphatic carbocycles. The molecule has 0 heterocycles. The molecule has 0 aliphatic rings. The summed E-state index contributed by atoms with van der Waals surface area (Å²) in [5, 5.41) is 3.31. The molecule has 1 rings (SSSR count). The quantitative estimate of drug-likeness (QED) is 0.588. The average molecular weight is 313 g/mol.